The van der Waals surface area contributed by atoms with Gasteiger partial charge >= 0.3 is 6.18 Å². The Morgan fingerprint density at radius 2 is 1.73 bits per heavy atom. The molecule has 2 atom stereocenters. The molecule has 2 aliphatic carbocycles. The average molecular weight is 688 g/mol. The van der Waals surface area contributed by atoms with Gasteiger partial charge in [-0.2, -0.15) is 13.2 Å². The molecule has 2 fully saturated rings. The number of hydrogen-bond donors (Lipinski definition) is 1. The molecule has 2 aromatic rings. The quantitative estimate of drug-likeness (QED) is 0.252. The number of rotatable bonds is 5. The van der Waals surface area contributed by atoms with Crippen LogP contribution in [0.1, 0.15) is 111 Å². The lowest BCUT2D eigenvalue weighted by molar-refractivity contribution is -0.137. The van der Waals surface area contributed by atoms with Crippen molar-refractivity contribution in [3.63, 3.8) is 0 Å². The van der Waals surface area contributed by atoms with E-state index in [2.05, 4.69) is 56.5 Å². The SMILES string of the molecule is CC(C)(C)[Si](C)(C)O[C@H]1CC2(CCC2)Cc2nc(C3CCOCC3)c([C@H](O)c3ccc(C(F)(F)F)cc3)c(I)c21. The number of hydrogen-bond acceptors (Lipinski definition) is 4. The van der Waals surface area contributed by atoms with Crippen molar-refractivity contribution in [2.24, 2.45) is 5.41 Å². The summed E-state index contributed by atoms with van der Waals surface area (Å²) in [5, 5.41) is 11.8. The first-order valence-electron chi connectivity index (χ1n) is 14.4. The van der Waals surface area contributed by atoms with Gasteiger partial charge in [-0.1, -0.05) is 39.3 Å². The lowest BCUT2D eigenvalue weighted by Crippen LogP contribution is -2.46. The molecule has 0 amide bonds. The summed E-state index contributed by atoms with van der Waals surface area (Å²) in [6.45, 7) is 12.6. The number of alkyl halides is 3. The van der Waals surface area contributed by atoms with E-state index in [0.717, 1.165) is 63.9 Å². The van der Waals surface area contributed by atoms with Crippen LogP contribution in [0.25, 0.3) is 0 Å². The second-order valence-corrected chi connectivity index (χ2v) is 19.4. The Hall–Kier alpha value is -1.01. The molecule has 1 saturated carbocycles. The molecule has 9 heteroatoms. The van der Waals surface area contributed by atoms with Crippen LogP contribution in [0.3, 0.4) is 0 Å². The number of fused-ring (bicyclic) bond motifs is 1. The van der Waals surface area contributed by atoms with Gasteiger partial charge < -0.3 is 14.3 Å². The van der Waals surface area contributed by atoms with Crippen LogP contribution in [0.2, 0.25) is 18.1 Å². The summed E-state index contributed by atoms with van der Waals surface area (Å²) in [7, 11) is -2.13. The van der Waals surface area contributed by atoms with Crippen LogP contribution in [-0.2, 0) is 21.8 Å². The largest absolute Gasteiger partial charge is 0.416 e. The predicted molar refractivity (Wildman–Crippen MR) is 161 cm³/mol. The summed E-state index contributed by atoms with van der Waals surface area (Å²) in [6.07, 6.45) is 1.48. The molecule has 1 saturated heterocycles. The van der Waals surface area contributed by atoms with Crippen LogP contribution in [0.4, 0.5) is 13.2 Å². The van der Waals surface area contributed by atoms with E-state index in [9.17, 15) is 18.3 Å². The van der Waals surface area contributed by atoms with E-state index in [0.29, 0.717) is 18.8 Å². The average Bonchev–Trinajstić information content (AvgIpc) is 2.86. The van der Waals surface area contributed by atoms with Crippen LogP contribution in [0, 0.1) is 8.99 Å². The fourth-order valence-corrected chi connectivity index (χ4v) is 8.78. The molecule has 220 valence electrons. The van der Waals surface area contributed by atoms with E-state index >= 15 is 0 Å². The van der Waals surface area contributed by atoms with Crippen molar-refractivity contribution < 1.29 is 27.4 Å². The maximum Gasteiger partial charge on any atom is 0.416 e. The Morgan fingerprint density at radius 3 is 2.25 bits per heavy atom. The van der Waals surface area contributed by atoms with Crippen molar-refractivity contribution in [3.8, 4) is 0 Å². The monoisotopic (exact) mass is 687 g/mol. The molecule has 5 rings (SSSR count). The second-order valence-electron chi connectivity index (χ2n) is 13.6. The summed E-state index contributed by atoms with van der Waals surface area (Å²) >= 11 is 2.36. The molecule has 1 aromatic carbocycles. The molecule has 40 heavy (non-hydrogen) atoms. The molecule has 1 spiro atoms. The highest BCUT2D eigenvalue weighted by atomic mass is 127. The minimum Gasteiger partial charge on any atom is -0.410 e. The van der Waals surface area contributed by atoms with Gasteiger partial charge in [-0.05, 0) is 102 Å². The Balaban J connectivity index is 1.64. The van der Waals surface area contributed by atoms with Gasteiger partial charge in [-0.25, -0.2) is 0 Å². The Bertz CT molecular complexity index is 1230. The third-order valence-corrected chi connectivity index (χ3v) is 15.5. The fraction of sp³-hybridized carbons (Fsp3) is 0.645. The number of ether oxygens (including phenoxy) is 1. The summed E-state index contributed by atoms with van der Waals surface area (Å²) < 4.78 is 53.5. The Labute approximate surface area is 250 Å². The number of nitrogens with zero attached hydrogens (tertiary/aromatic N) is 1. The highest BCUT2D eigenvalue weighted by molar-refractivity contribution is 14.1. The van der Waals surface area contributed by atoms with Crippen molar-refractivity contribution in [1.82, 2.24) is 4.98 Å². The topological polar surface area (TPSA) is 51.6 Å². The zero-order valence-corrected chi connectivity index (χ0v) is 27.3. The van der Waals surface area contributed by atoms with Gasteiger partial charge in [0, 0.05) is 39.5 Å². The summed E-state index contributed by atoms with van der Waals surface area (Å²) in [6, 6.07) is 4.89. The molecular weight excluding hydrogens is 646 g/mol. The van der Waals surface area contributed by atoms with Gasteiger partial charge in [0.15, 0.2) is 8.32 Å². The minimum absolute atomic E-state index is 0.0425. The van der Waals surface area contributed by atoms with E-state index in [1.165, 1.54) is 31.4 Å². The van der Waals surface area contributed by atoms with Gasteiger partial charge in [-0.15, -0.1) is 0 Å². The number of pyridine rings is 1. The molecule has 1 aromatic heterocycles. The second kappa shape index (κ2) is 10.9. The molecule has 2 heterocycles. The standard InChI is InChI=1S/C31H41F3INO3Si/c1-29(2,3)40(4,5)39-23-18-30(13-6-14-30)17-22-24(23)26(35)25(27(36-22)19-11-15-38-16-12-19)28(37)20-7-9-21(10-8-20)31(32,33)34/h7-10,19,23,28,37H,6,11-18H2,1-5H3/t23-,28+/m0/s1. The van der Waals surface area contributed by atoms with E-state index < -0.39 is 26.2 Å². The Kier molecular flexibility index (Phi) is 8.31. The van der Waals surface area contributed by atoms with Gasteiger partial charge in [-0.3, -0.25) is 4.98 Å². The van der Waals surface area contributed by atoms with Crippen molar-refractivity contribution in [2.45, 2.75) is 108 Å². The molecule has 1 aliphatic heterocycles. The van der Waals surface area contributed by atoms with Crippen molar-refractivity contribution in [3.05, 3.63) is 61.5 Å². The van der Waals surface area contributed by atoms with E-state index in [1.807, 2.05) is 0 Å². The van der Waals surface area contributed by atoms with Crippen molar-refractivity contribution in [2.75, 3.05) is 13.2 Å². The zero-order chi connectivity index (χ0) is 29.1. The predicted octanol–water partition coefficient (Wildman–Crippen LogP) is 8.86. The highest BCUT2D eigenvalue weighted by Crippen LogP contribution is 2.57. The maximum absolute atomic E-state index is 13.3. The smallest absolute Gasteiger partial charge is 0.410 e. The van der Waals surface area contributed by atoms with Crippen molar-refractivity contribution in [1.29, 1.82) is 0 Å². The van der Waals surface area contributed by atoms with Gasteiger partial charge in [0.2, 0.25) is 0 Å². The minimum atomic E-state index is -4.43. The number of benzene rings is 1. The number of aromatic nitrogens is 1. The fourth-order valence-electron chi connectivity index (χ4n) is 6.29. The molecule has 4 nitrogen and oxygen atoms in total. The van der Waals surface area contributed by atoms with Crippen LogP contribution >= 0.6 is 22.6 Å². The van der Waals surface area contributed by atoms with Gasteiger partial charge in [0.25, 0.3) is 0 Å². The zero-order valence-electron chi connectivity index (χ0n) is 24.1. The normalized spacial score (nSPS) is 22.6. The van der Waals surface area contributed by atoms with Crippen LogP contribution in [0.15, 0.2) is 24.3 Å². The molecule has 0 radical (unpaired) electrons. The van der Waals surface area contributed by atoms with Crippen LogP contribution in [0.5, 0.6) is 0 Å². The van der Waals surface area contributed by atoms with Gasteiger partial charge in [0.1, 0.15) is 6.10 Å². The third-order valence-electron chi connectivity index (χ3n) is 9.89. The lowest BCUT2D eigenvalue weighted by Gasteiger charge is -2.50. The molecule has 0 unspecified atom stereocenters. The van der Waals surface area contributed by atoms with Crippen molar-refractivity contribution >= 4 is 30.9 Å². The van der Waals surface area contributed by atoms with E-state index in [1.54, 1.807) is 0 Å². The first-order chi connectivity index (χ1) is 18.6. The first kappa shape index (κ1) is 30.4. The summed E-state index contributed by atoms with van der Waals surface area (Å²) in [5.41, 5.74) is 3.70. The maximum atomic E-state index is 13.3. The molecular formula is C31H41F3INO3Si. The highest BCUT2D eigenvalue weighted by Gasteiger charge is 2.49. The van der Waals surface area contributed by atoms with Gasteiger partial charge in [0.05, 0.1) is 17.4 Å². The number of halogens is 4. The van der Waals surface area contributed by atoms with Crippen LogP contribution in [-0.4, -0.2) is 31.6 Å². The molecule has 0 bridgehead atoms. The lowest BCUT2D eigenvalue weighted by atomic mass is 9.59. The molecule has 1 N–H and O–H groups in total. The van der Waals surface area contributed by atoms with Crippen LogP contribution < -0.4 is 0 Å². The summed E-state index contributed by atoms with van der Waals surface area (Å²) in [5.74, 6) is 0.130. The van der Waals surface area contributed by atoms with E-state index in [-0.39, 0.29) is 22.5 Å². The first-order valence-corrected chi connectivity index (χ1v) is 18.4. The number of aliphatic hydroxyl groups is 1. The number of aliphatic hydroxyl groups excluding tert-OH is 1. The summed E-state index contributed by atoms with van der Waals surface area (Å²) in [4.78, 5) is 5.36. The molecule has 3 aliphatic rings. The van der Waals surface area contributed by atoms with E-state index in [4.69, 9.17) is 14.1 Å². The Morgan fingerprint density at radius 1 is 1.10 bits per heavy atom. The third kappa shape index (κ3) is 5.79.